The third-order valence-electron chi connectivity index (χ3n) is 3.26. The van der Waals surface area contributed by atoms with Crippen molar-refractivity contribution < 1.29 is 13.2 Å². The van der Waals surface area contributed by atoms with Crippen LogP contribution in [0.4, 0.5) is 5.69 Å². The first-order chi connectivity index (χ1) is 11.7. The molecular weight excluding hydrogens is 393 g/mol. The van der Waals surface area contributed by atoms with Crippen molar-refractivity contribution in [1.82, 2.24) is 19.6 Å². The van der Waals surface area contributed by atoms with E-state index in [1.165, 1.54) is 13.2 Å². The Labute approximate surface area is 151 Å². The van der Waals surface area contributed by atoms with Crippen molar-refractivity contribution in [3.63, 3.8) is 0 Å². The molecule has 9 nitrogen and oxygen atoms in total. The predicted octanol–water partition coefficient (Wildman–Crippen LogP) is 1.84. The highest BCUT2D eigenvalue weighted by Gasteiger charge is 2.24. The Morgan fingerprint density at radius 2 is 2.04 bits per heavy atom. The summed E-state index contributed by atoms with van der Waals surface area (Å²) >= 11 is 12.1. The maximum atomic E-state index is 12.6. The van der Waals surface area contributed by atoms with Crippen molar-refractivity contribution in [3.8, 4) is 5.88 Å². The van der Waals surface area contributed by atoms with E-state index in [1.807, 2.05) is 0 Å². The molecule has 0 radical (unpaired) electrons. The highest BCUT2D eigenvalue weighted by molar-refractivity contribution is 7.92. The number of rotatable bonds is 4. The molecule has 1 aromatic carbocycles. The van der Waals surface area contributed by atoms with Gasteiger partial charge in [-0.2, -0.15) is 17.9 Å². The summed E-state index contributed by atoms with van der Waals surface area (Å²) in [7, 11) is -2.90. The molecule has 25 heavy (non-hydrogen) atoms. The van der Waals surface area contributed by atoms with Gasteiger partial charge in [-0.05, 0) is 18.6 Å². The van der Waals surface area contributed by atoms with Crippen molar-refractivity contribution in [3.05, 3.63) is 44.2 Å². The lowest BCUT2D eigenvalue weighted by atomic mass is 10.2. The molecule has 3 aromatic rings. The van der Waals surface area contributed by atoms with Crippen molar-refractivity contribution in [2.45, 2.75) is 12.1 Å². The predicted molar refractivity (Wildman–Crippen MR) is 92.2 cm³/mol. The smallest absolute Gasteiger partial charge is 0.299 e. The lowest BCUT2D eigenvalue weighted by Gasteiger charge is -2.10. The van der Waals surface area contributed by atoms with Gasteiger partial charge in [0.05, 0.1) is 28.9 Å². The first-order valence-corrected chi connectivity index (χ1v) is 8.98. The molecule has 0 atom stereocenters. The van der Waals surface area contributed by atoms with Crippen molar-refractivity contribution in [2.24, 2.45) is 0 Å². The number of anilines is 1. The summed E-state index contributed by atoms with van der Waals surface area (Å²) < 4.78 is 33.4. The first kappa shape index (κ1) is 17.5. The molecule has 2 heterocycles. The summed E-state index contributed by atoms with van der Waals surface area (Å²) in [6.45, 7) is 1.70. The van der Waals surface area contributed by atoms with E-state index >= 15 is 0 Å². The third-order valence-corrected chi connectivity index (χ3v) is 5.18. The van der Waals surface area contributed by atoms with Gasteiger partial charge >= 0.3 is 0 Å². The van der Waals surface area contributed by atoms with Gasteiger partial charge in [0.2, 0.25) is 11.7 Å². The van der Waals surface area contributed by atoms with E-state index in [9.17, 15) is 13.2 Å². The minimum atomic E-state index is -4.21. The van der Waals surface area contributed by atoms with Gasteiger partial charge in [-0.15, -0.1) is 5.10 Å². The second-order valence-corrected chi connectivity index (χ2v) is 7.33. The molecular formula is C13H11Cl2N5O4S. The topological polar surface area (TPSA) is 118 Å². The van der Waals surface area contributed by atoms with Crippen molar-refractivity contribution >= 4 is 44.7 Å². The van der Waals surface area contributed by atoms with E-state index in [-0.39, 0.29) is 27.4 Å². The number of nitrogens with one attached hydrogen (secondary N) is 2. The molecule has 0 spiro atoms. The van der Waals surface area contributed by atoms with Gasteiger partial charge < -0.3 is 4.74 Å². The van der Waals surface area contributed by atoms with E-state index in [0.29, 0.717) is 5.56 Å². The zero-order valence-corrected chi connectivity index (χ0v) is 15.2. The largest absolute Gasteiger partial charge is 0.481 e. The molecule has 0 fully saturated rings. The average molecular weight is 404 g/mol. The zero-order valence-electron chi connectivity index (χ0n) is 12.9. The van der Waals surface area contributed by atoms with Crippen molar-refractivity contribution in [1.29, 1.82) is 0 Å². The number of aryl methyl sites for hydroxylation is 1. The highest BCUT2D eigenvalue weighted by Crippen LogP contribution is 2.34. The molecule has 0 bridgehead atoms. The first-order valence-electron chi connectivity index (χ1n) is 6.74. The standard InChI is InChI=1S/C13H11Cl2N5O4S/c1-6-3-4-7(14)11(10(6)15)19-25(22,23)13-17-12-16-8(21)5-9(24-2)20(12)18-13/h3-5,19H,1-2H3,(H,16,17,18,21). The van der Waals surface area contributed by atoms with Crippen LogP contribution in [0.25, 0.3) is 5.78 Å². The second kappa shape index (κ2) is 6.21. The van der Waals surface area contributed by atoms with Gasteiger partial charge in [-0.1, -0.05) is 29.3 Å². The molecule has 0 aliphatic carbocycles. The summed E-state index contributed by atoms with van der Waals surface area (Å²) in [6, 6.07) is 4.28. The third kappa shape index (κ3) is 3.15. The van der Waals surface area contributed by atoms with Crippen LogP contribution in [0, 0.1) is 6.92 Å². The van der Waals surface area contributed by atoms with E-state index in [4.69, 9.17) is 27.9 Å². The number of aromatic amines is 1. The SMILES string of the molecule is COc1cc(=O)[nH]c2nc(S(=O)(=O)Nc3c(Cl)ccc(C)c3Cl)nn12. The number of aromatic nitrogens is 4. The van der Waals surface area contributed by atoms with Crippen molar-refractivity contribution in [2.75, 3.05) is 11.8 Å². The maximum absolute atomic E-state index is 12.6. The van der Waals surface area contributed by atoms with E-state index in [1.54, 1.807) is 13.0 Å². The van der Waals surface area contributed by atoms with Crippen LogP contribution in [0.5, 0.6) is 5.88 Å². The van der Waals surface area contributed by atoms with Crippen LogP contribution in [0.15, 0.2) is 28.2 Å². The summed E-state index contributed by atoms with van der Waals surface area (Å²) in [5, 5.41) is 3.54. The molecule has 132 valence electrons. The number of fused-ring (bicyclic) bond motifs is 1. The number of hydrogen-bond acceptors (Lipinski definition) is 6. The maximum Gasteiger partial charge on any atom is 0.299 e. The van der Waals surface area contributed by atoms with E-state index < -0.39 is 20.7 Å². The lowest BCUT2D eigenvalue weighted by Crippen LogP contribution is -2.15. The van der Waals surface area contributed by atoms with Crippen LogP contribution < -0.4 is 15.0 Å². The van der Waals surface area contributed by atoms with Gasteiger partial charge in [-0.3, -0.25) is 14.5 Å². The molecule has 0 aliphatic heterocycles. The van der Waals surface area contributed by atoms with Crippen LogP contribution in [0.3, 0.4) is 0 Å². The zero-order chi connectivity index (χ0) is 18.4. The number of sulfonamides is 1. The molecule has 12 heteroatoms. The Morgan fingerprint density at radius 3 is 2.72 bits per heavy atom. The monoisotopic (exact) mass is 403 g/mol. The van der Waals surface area contributed by atoms with Crippen LogP contribution in [0.2, 0.25) is 10.0 Å². The van der Waals surface area contributed by atoms with Gasteiger partial charge in [-0.25, -0.2) is 0 Å². The van der Waals surface area contributed by atoms with E-state index in [2.05, 4.69) is 19.8 Å². The van der Waals surface area contributed by atoms with Gasteiger partial charge in [0.25, 0.3) is 20.7 Å². The molecule has 0 saturated heterocycles. The second-order valence-electron chi connectivity index (χ2n) is 4.96. The van der Waals surface area contributed by atoms with Gasteiger partial charge in [0, 0.05) is 0 Å². The van der Waals surface area contributed by atoms with Crippen LogP contribution >= 0.6 is 23.2 Å². The Bertz CT molecular complexity index is 1140. The molecule has 2 N–H and O–H groups in total. The molecule has 0 amide bonds. The Hall–Kier alpha value is -2.30. The minimum absolute atomic E-state index is 0.0163. The molecule has 0 saturated carbocycles. The Morgan fingerprint density at radius 1 is 1.32 bits per heavy atom. The fraction of sp³-hybridized carbons (Fsp3) is 0.154. The van der Waals surface area contributed by atoms with E-state index in [0.717, 1.165) is 10.6 Å². The summed E-state index contributed by atoms with van der Waals surface area (Å²) in [4.78, 5) is 17.7. The number of hydrogen-bond donors (Lipinski definition) is 2. The number of halogens is 2. The lowest BCUT2D eigenvalue weighted by molar-refractivity contribution is 0.383. The number of nitrogens with zero attached hydrogens (tertiary/aromatic N) is 3. The quantitative estimate of drug-likeness (QED) is 0.685. The van der Waals surface area contributed by atoms with Gasteiger partial charge in [0.15, 0.2) is 0 Å². The summed E-state index contributed by atoms with van der Waals surface area (Å²) in [6.07, 6.45) is 0. The van der Waals surface area contributed by atoms with Crippen LogP contribution in [-0.2, 0) is 10.0 Å². The Kier molecular flexibility index (Phi) is 4.35. The number of ether oxygens (including phenoxy) is 1. The fourth-order valence-corrected chi connectivity index (χ4v) is 3.58. The molecule has 3 rings (SSSR count). The van der Waals surface area contributed by atoms with Gasteiger partial charge in [0.1, 0.15) is 0 Å². The molecule has 0 unspecified atom stereocenters. The fourth-order valence-electron chi connectivity index (χ4n) is 2.04. The Balaban J connectivity index is 2.11. The van der Waals surface area contributed by atoms with Crippen LogP contribution in [0.1, 0.15) is 5.56 Å². The minimum Gasteiger partial charge on any atom is -0.481 e. The molecule has 2 aromatic heterocycles. The highest BCUT2D eigenvalue weighted by atomic mass is 35.5. The number of benzene rings is 1. The number of methoxy groups -OCH3 is 1. The summed E-state index contributed by atoms with van der Waals surface area (Å²) in [5.41, 5.74) is 0.138. The average Bonchev–Trinajstić information content (AvgIpc) is 2.99. The normalized spacial score (nSPS) is 11.7. The summed E-state index contributed by atoms with van der Waals surface area (Å²) in [5.74, 6) is -0.0644. The van der Waals surface area contributed by atoms with Crippen LogP contribution in [-0.4, -0.2) is 35.1 Å². The molecule has 0 aliphatic rings. The number of H-pyrrole nitrogens is 1.